The second kappa shape index (κ2) is 10.4. The van der Waals surface area contributed by atoms with Gasteiger partial charge in [0, 0.05) is 0 Å². The molecule has 26 heavy (non-hydrogen) atoms. The van der Waals surface area contributed by atoms with Crippen LogP contribution < -0.4 is 0 Å². The van der Waals surface area contributed by atoms with Crippen LogP contribution in [0.1, 0.15) is 0 Å². The van der Waals surface area contributed by atoms with E-state index in [1.165, 1.54) is 0 Å². The molecule has 0 aliphatic carbocycles. The van der Waals surface area contributed by atoms with Crippen LogP contribution in [0, 0.1) is 0 Å². The minimum absolute atomic E-state index is 0.669. The van der Waals surface area contributed by atoms with Crippen LogP contribution in [0.15, 0.2) is 0 Å². The van der Waals surface area contributed by atoms with Gasteiger partial charge in [0.1, 0.15) is 49.3 Å². The first-order chi connectivity index (χ1) is 12.2. The van der Waals surface area contributed by atoms with Crippen molar-refractivity contribution in [3.8, 4) is 0 Å². The summed E-state index contributed by atoms with van der Waals surface area (Å²) in [7, 11) is 0. The minimum atomic E-state index is -2.22. The standard InChI is InChI=1S/C12H22O11.2O.Ti/c13-1-4-6(16)8(18)9(19)11(21-4)23-12(3-15)10(20)7(17)5(2-14)22-12;;;/h4-11,13-20H,1-3H2;;;/t4-,5-,6-,7-,8+,9-,10+,11-,12+;;;/m1.../s1. The molecule has 14 heteroatoms. The number of hydrogen-bond donors (Lipinski definition) is 8. The van der Waals surface area contributed by atoms with E-state index in [4.69, 9.17) is 31.1 Å². The van der Waals surface area contributed by atoms with Crippen molar-refractivity contribution in [2.24, 2.45) is 0 Å². The molecular weight excluding hydrogens is 400 g/mol. The maximum absolute atomic E-state index is 10.00. The first kappa shape index (κ1) is 23.9. The Morgan fingerprint density at radius 1 is 0.846 bits per heavy atom. The topological polar surface area (TPSA) is 224 Å². The molecule has 0 bridgehead atoms. The predicted molar refractivity (Wildman–Crippen MR) is 70.0 cm³/mol. The molecule has 0 amide bonds. The molecule has 2 saturated heterocycles. The molecule has 2 fully saturated rings. The number of ether oxygens (including phenoxy) is 3. The average Bonchev–Trinajstić information content (AvgIpc) is 2.88. The molecule has 0 aromatic rings. The maximum atomic E-state index is 10.00. The fourth-order valence-electron chi connectivity index (χ4n) is 2.63. The van der Waals surface area contributed by atoms with E-state index in [0.29, 0.717) is 0 Å². The first-order valence-electron chi connectivity index (χ1n) is 7.46. The van der Waals surface area contributed by atoms with Gasteiger partial charge in [0.2, 0.25) is 5.79 Å². The molecule has 9 atom stereocenters. The summed E-state index contributed by atoms with van der Waals surface area (Å²) in [5.74, 6) is -2.22. The Labute approximate surface area is 155 Å². The second-order valence-corrected chi connectivity index (χ2v) is 5.90. The third-order valence-electron chi connectivity index (χ3n) is 4.07. The van der Waals surface area contributed by atoms with Gasteiger partial charge in [-0.3, -0.25) is 0 Å². The zero-order valence-electron chi connectivity index (χ0n) is 13.4. The quantitative estimate of drug-likeness (QED) is 0.194. The molecule has 2 rings (SSSR count). The van der Waals surface area contributed by atoms with Crippen molar-refractivity contribution in [1.82, 2.24) is 0 Å². The molecule has 0 saturated carbocycles. The van der Waals surface area contributed by atoms with Crippen LogP contribution in [0.4, 0.5) is 0 Å². The number of aliphatic hydroxyl groups is 8. The fourth-order valence-corrected chi connectivity index (χ4v) is 2.63. The Kier molecular flexibility index (Phi) is 9.59. The van der Waals surface area contributed by atoms with Crippen molar-refractivity contribution in [3.63, 3.8) is 0 Å². The van der Waals surface area contributed by atoms with Gasteiger partial charge >= 0.3 is 25.7 Å². The van der Waals surface area contributed by atoms with Gasteiger partial charge in [-0.2, -0.15) is 0 Å². The van der Waals surface area contributed by atoms with Gasteiger partial charge in [-0.15, -0.1) is 0 Å². The number of rotatable bonds is 5. The van der Waals surface area contributed by atoms with Gasteiger partial charge in [-0.1, -0.05) is 0 Å². The molecule has 0 aromatic heterocycles. The summed E-state index contributed by atoms with van der Waals surface area (Å²) in [6.45, 7) is -2.32. The van der Waals surface area contributed by atoms with Gasteiger partial charge in [-0.25, -0.2) is 0 Å². The van der Waals surface area contributed by atoms with E-state index in [1.54, 1.807) is 0 Å². The Bertz CT molecular complexity index is 472. The molecule has 0 spiro atoms. The van der Waals surface area contributed by atoms with E-state index < -0.39 is 93.7 Å². The summed E-state index contributed by atoms with van der Waals surface area (Å²) in [6.07, 6.45) is -12.7. The van der Waals surface area contributed by atoms with Crippen LogP contribution >= 0.6 is 0 Å². The monoisotopic (exact) mass is 422 g/mol. The van der Waals surface area contributed by atoms with Crippen LogP contribution in [0.3, 0.4) is 0 Å². The van der Waals surface area contributed by atoms with Crippen molar-refractivity contribution in [2.75, 3.05) is 19.8 Å². The van der Waals surface area contributed by atoms with Crippen molar-refractivity contribution in [3.05, 3.63) is 0 Å². The molecule has 0 unspecified atom stereocenters. The summed E-state index contributed by atoms with van der Waals surface area (Å²) in [4.78, 5) is 0. The zero-order valence-corrected chi connectivity index (χ0v) is 14.9. The summed E-state index contributed by atoms with van der Waals surface area (Å²) in [6, 6.07) is 0. The third kappa shape index (κ3) is 4.83. The molecule has 2 aliphatic rings. The Morgan fingerprint density at radius 2 is 1.38 bits per heavy atom. The zero-order chi connectivity index (χ0) is 20.1. The van der Waals surface area contributed by atoms with Gasteiger partial charge in [0.05, 0.1) is 13.2 Å². The van der Waals surface area contributed by atoms with Crippen molar-refractivity contribution in [2.45, 2.75) is 54.8 Å². The Morgan fingerprint density at radius 3 is 1.81 bits per heavy atom. The molecule has 13 nitrogen and oxygen atoms in total. The second-order valence-electron chi connectivity index (χ2n) is 5.64. The van der Waals surface area contributed by atoms with Gasteiger partial charge in [0.15, 0.2) is 6.29 Å². The van der Waals surface area contributed by atoms with Gasteiger partial charge < -0.3 is 55.1 Å². The summed E-state index contributed by atoms with van der Waals surface area (Å²) < 4.78 is 32.4. The molecule has 152 valence electrons. The number of hydrogen-bond acceptors (Lipinski definition) is 13. The Balaban J connectivity index is 0.00000105. The third-order valence-corrected chi connectivity index (χ3v) is 4.07. The van der Waals surface area contributed by atoms with E-state index in [1.807, 2.05) is 0 Å². The van der Waals surface area contributed by atoms with Crippen LogP contribution in [0.2, 0.25) is 0 Å². The van der Waals surface area contributed by atoms with E-state index in [0.717, 1.165) is 0 Å². The molecule has 0 aromatic carbocycles. The Hall–Kier alpha value is -0.126. The summed E-state index contributed by atoms with van der Waals surface area (Å²) in [5.41, 5.74) is 0. The van der Waals surface area contributed by atoms with Crippen molar-refractivity contribution in [1.29, 1.82) is 0 Å². The van der Waals surface area contributed by atoms with E-state index >= 15 is 0 Å². The van der Waals surface area contributed by atoms with Gasteiger partial charge in [-0.05, 0) is 0 Å². The summed E-state index contributed by atoms with van der Waals surface area (Å²) >= 11 is -2.00. The van der Waals surface area contributed by atoms with Gasteiger partial charge in [0.25, 0.3) is 0 Å². The predicted octanol–water partition coefficient (Wildman–Crippen LogP) is -5.64. The molecule has 8 N–H and O–H groups in total. The molecular formula is C12H22O13Ti. The van der Waals surface area contributed by atoms with Crippen LogP contribution in [-0.4, -0.2) is 115 Å². The molecule has 2 aliphatic heterocycles. The van der Waals surface area contributed by atoms with Crippen LogP contribution in [-0.2, 0) is 40.0 Å². The van der Waals surface area contributed by atoms with Crippen LogP contribution in [0.25, 0.3) is 0 Å². The SMILES string of the molecule is OC[C@H]1O[C@@](CO)(O[C@H]2O[C@H](CO)[C@@H](O)[C@H](O)[C@H]2O)[C@@H](O)[C@@H]1O.[O]=[Ti]=[O]. The molecule has 0 radical (unpaired) electrons. The number of aliphatic hydroxyl groups excluding tert-OH is 8. The molecule has 2 heterocycles. The van der Waals surface area contributed by atoms with E-state index in [2.05, 4.69) is 0 Å². The van der Waals surface area contributed by atoms with Crippen molar-refractivity contribution < 1.29 is 80.8 Å². The average molecular weight is 422 g/mol. The van der Waals surface area contributed by atoms with E-state index in [9.17, 15) is 30.6 Å². The normalized spacial score (nSPS) is 45.5. The van der Waals surface area contributed by atoms with Crippen LogP contribution in [0.5, 0.6) is 0 Å². The first-order valence-corrected chi connectivity index (χ1v) is 8.73. The van der Waals surface area contributed by atoms with Crippen molar-refractivity contribution >= 4 is 0 Å². The summed E-state index contributed by atoms with van der Waals surface area (Å²) in [5, 5.41) is 76.7. The van der Waals surface area contributed by atoms with E-state index in [-0.39, 0.29) is 0 Å². The fraction of sp³-hybridized carbons (Fsp3) is 1.00.